The highest BCUT2D eigenvalue weighted by molar-refractivity contribution is 5.13. The van der Waals surface area contributed by atoms with Gasteiger partial charge in [0.1, 0.15) is 0 Å². The molecule has 25 heavy (non-hydrogen) atoms. The molecule has 0 bridgehead atoms. The Kier molecular flexibility index (Phi) is 6.54. The monoisotopic (exact) mass is 346 g/mol. The van der Waals surface area contributed by atoms with Crippen LogP contribution >= 0.6 is 0 Å². The Balaban J connectivity index is 2.30. The molecule has 0 aromatic rings. The second kappa shape index (κ2) is 7.77. The molecule has 146 valence electrons. The maximum atomic E-state index is 4.37. The van der Waals surface area contributed by atoms with Crippen LogP contribution < -0.4 is 0 Å². The van der Waals surface area contributed by atoms with E-state index in [4.69, 9.17) is 0 Å². The fourth-order valence-electron chi connectivity index (χ4n) is 6.99. The van der Waals surface area contributed by atoms with Crippen molar-refractivity contribution in [3.8, 4) is 0 Å². The summed E-state index contributed by atoms with van der Waals surface area (Å²) < 4.78 is 0. The zero-order valence-corrected chi connectivity index (χ0v) is 18.6. The van der Waals surface area contributed by atoms with E-state index in [9.17, 15) is 0 Å². The smallest absolute Gasteiger partial charge is 0.0152 e. The number of hydrogen-bond acceptors (Lipinski definition) is 0. The Labute approximate surface area is 159 Å². The summed E-state index contributed by atoms with van der Waals surface area (Å²) >= 11 is 0. The molecular weight excluding hydrogens is 300 g/mol. The quantitative estimate of drug-likeness (QED) is 0.408. The highest BCUT2D eigenvalue weighted by atomic mass is 14.6. The second-order valence-corrected chi connectivity index (χ2v) is 10.9. The standard InChI is InChI=1S/C25H46/c1-10-20-22-12-11-21(18(4)5)25(22,9)16-14-23(20)24(8,19(6)7)15-13-17(2)3/h17,19-23H,4,10-16H2,1-3,5-9H3. The molecule has 2 rings (SSSR count). The van der Waals surface area contributed by atoms with Crippen LogP contribution in [-0.4, -0.2) is 0 Å². The number of fused-ring (bicyclic) bond motifs is 1. The average molecular weight is 347 g/mol. The van der Waals surface area contributed by atoms with Gasteiger partial charge in [-0.25, -0.2) is 0 Å². The zero-order chi connectivity index (χ0) is 19.0. The van der Waals surface area contributed by atoms with Gasteiger partial charge in [-0.15, -0.1) is 0 Å². The lowest BCUT2D eigenvalue weighted by molar-refractivity contribution is -0.0586. The van der Waals surface area contributed by atoms with E-state index < -0.39 is 0 Å². The molecule has 2 fully saturated rings. The van der Waals surface area contributed by atoms with E-state index in [0.29, 0.717) is 10.8 Å². The molecule has 0 aliphatic heterocycles. The summed E-state index contributed by atoms with van der Waals surface area (Å²) in [4.78, 5) is 0. The highest BCUT2D eigenvalue weighted by Crippen LogP contribution is 2.64. The van der Waals surface area contributed by atoms with Crippen molar-refractivity contribution in [1.82, 2.24) is 0 Å². The summed E-state index contributed by atoms with van der Waals surface area (Å²) in [5, 5.41) is 0. The summed E-state index contributed by atoms with van der Waals surface area (Å²) in [5.41, 5.74) is 2.48. The third-order valence-corrected chi connectivity index (χ3v) is 8.93. The zero-order valence-electron chi connectivity index (χ0n) is 18.6. The van der Waals surface area contributed by atoms with Crippen molar-refractivity contribution in [2.24, 2.45) is 46.3 Å². The maximum Gasteiger partial charge on any atom is -0.0152 e. The second-order valence-electron chi connectivity index (χ2n) is 10.9. The fraction of sp³-hybridized carbons (Fsp3) is 0.920. The summed E-state index contributed by atoms with van der Waals surface area (Å²) in [6.45, 7) is 24.2. The van der Waals surface area contributed by atoms with Crippen molar-refractivity contribution in [1.29, 1.82) is 0 Å². The molecule has 0 heteroatoms. The van der Waals surface area contributed by atoms with E-state index in [-0.39, 0.29) is 0 Å². The number of hydrogen-bond donors (Lipinski definition) is 0. The molecule has 0 aromatic heterocycles. The van der Waals surface area contributed by atoms with Gasteiger partial charge in [0, 0.05) is 0 Å². The molecule has 0 aromatic carbocycles. The van der Waals surface area contributed by atoms with E-state index in [0.717, 1.165) is 35.5 Å². The molecule has 2 aliphatic rings. The average Bonchev–Trinajstić information content (AvgIpc) is 2.88. The lowest BCUT2D eigenvalue weighted by Crippen LogP contribution is -2.48. The largest absolute Gasteiger partial charge is 0.0998 e. The third-order valence-electron chi connectivity index (χ3n) is 8.93. The molecule has 0 N–H and O–H groups in total. The Morgan fingerprint density at radius 3 is 2.28 bits per heavy atom. The van der Waals surface area contributed by atoms with Crippen LogP contribution in [0.25, 0.3) is 0 Å². The van der Waals surface area contributed by atoms with Gasteiger partial charge in [-0.2, -0.15) is 0 Å². The molecule has 0 saturated heterocycles. The van der Waals surface area contributed by atoms with Crippen molar-refractivity contribution in [3.05, 3.63) is 12.2 Å². The lowest BCUT2D eigenvalue weighted by atomic mass is 9.49. The van der Waals surface area contributed by atoms with Gasteiger partial charge < -0.3 is 0 Å². The van der Waals surface area contributed by atoms with Gasteiger partial charge in [-0.3, -0.25) is 0 Å². The van der Waals surface area contributed by atoms with Gasteiger partial charge in [0.15, 0.2) is 0 Å². The van der Waals surface area contributed by atoms with Crippen LogP contribution in [0, 0.1) is 46.3 Å². The minimum absolute atomic E-state index is 0.508. The van der Waals surface area contributed by atoms with Crippen LogP contribution in [0.5, 0.6) is 0 Å². The first-order valence-electron chi connectivity index (χ1n) is 11.2. The summed E-state index contributed by atoms with van der Waals surface area (Å²) in [5.74, 6) is 5.14. The number of rotatable bonds is 7. The third kappa shape index (κ3) is 3.74. The van der Waals surface area contributed by atoms with Gasteiger partial charge in [0.25, 0.3) is 0 Å². The summed E-state index contributed by atoms with van der Waals surface area (Å²) in [6.07, 6.45) is 9.89. The summed E-state index contributed by atoms with van der Waals surface area (Å²) in [6, 6.07) is 0. The van der Waals surface area contributed by atoms with Crippen LogP contribution in [0.3, 0.4) is 0 Å². The minimum atomic E-state index is 0.508. The molecule has 2 aliphatic carbocycles. The van der Waals surface area contributed by atoms with Crippen molar-refractivity contribution in [2.45, 2.75) is 100 Å². The summed E-state index contributed by atoms with van der Waals surface area (Å²) in [7, 11) is 0. The van der Waals surface area contributed by atoms with Crippen LogP contribution in [0.1, 0.15) is 100 Å². The first-order valence-corrected chi connectivity index (χ1v) is 11.2. The maximum absolute atomic E-state index is 4.37. The van der Waals surface area contributed by atoms with E-state index in [1.165, 1.54) is 50.5 Å². The first kappa shape index (κ1) is 21.0. The Bertz CT molecular complexity index is 459. The Hall–Kier alpha value is -0.260. The van der Waals surface area contributed by atoms with Crippen LogP contribution in [0.15, 0.2) is 12.2 Å². The normalized spacial score (nSPS) is 38.0. The van der Waals surface area contributed by atoms with Crippen molar-refractivity contribution in [3.63, 3.8) is 0 Å². The molecule has 6 atom stereocenters. The molecule has 0 amide bonds. The van der Waals surface area contributed by atoms with E-state index in [1.807, 2.05) is 0 Å². The van der Waals surface area contributed by atoms with E-state index >= 15 is 0 Å². The molecule has 0 radical (unpaired) electrons. The van der Waals surface area contributed by atoms with E-state index in [2.05, 4.69) is 62.0 Å². The topological polar surface area (TPSA) is 0 Å². The van der Waals surface area contributed by atoms with Gasteiger partial charge in [-0.1, -0.05) is 73.5 Å². The van der Waals surface area contributed by atoms with Gasteiger partial charge >= 0.3 is 0 Å². The Morgan fingerprint density at radius 2 is 1.80 bits per heavy atom. The number of allylic oxidation sites excluding steroid dienone is 1. The predicted molar refractivity (Wildman–Crippen MR) is 113 cm³/mol. The molecule has 0 spiro atoms. The fourth-order valence-corrected chi connectivity index (χ4v) is 6.99. The van der Waals surface area contributed by atoms with E-state index in [1.54, 1.807) is 0 Å². The van der Waals surface area contributed by atoms with Gasteiger partial charge in [0.05, 0.1) is 0 Å². The first-order chi connectivity index (χ1) is 11.6. The molecule has 2 saturated carbocycles. The Morgan fingerprint density at radius 1 is 1.16 bits per heavy atom. The van der Waals surface area contributed by atoms with Crippen LogP contribution in [-0.2, 0) is 0 Å². The van der Waals surface area contributed by atoms with Gasteiger partial charge in [-0.05, 0) is 85.4 Å². The van der Waals surface area contributed by atoms with Crippen molar-refractivity contribution < 1.29 is 0 Å². The van der Waals surface area contributed by atoms with Crippen molar-refractivity contribution >= 4 is 0 Å². The molecule has 0 heterocycles. The lowest BCUT2D eigenvalue weighted by Gasteiger charge is -2.55. The molecule has 6 unspecified atom stereocenters. The van der Waals surface area contributed by atoms with Crippen LogP contribution in [0.2, 0.25) is 0 Å². The predicted octanol–water partition coefficient (Wildman–Crippen LogP) is 8.13. The molecule has 0 nitrogen and oxygen atoms in total. The van der Waals surface area contributed by atoms with Crippen LogP contribution in [0.4, 0.5) is 0 Å². The van der Waals surface area contributed by atoms with Crippen molar-refractivity contribution in [2.75, 3.05) is 0 Å². The molecular formula is C25H46. The SMILES string of the molecule is C=C(C)C1CCC2C(CC)C(C(C)(CCC(C)C)C(C)C)CCC12C. The highest BCUT2D eigenvalue weighted by Gasteiger charge is 2.56. The minimum Gasteiger partial charge on any atom is -0.0998 e. The van der Waals surface area contributed by atoms with Gasteiger partial charge in [0.2, 0.25) is 0 Å².